The van der Waals surface area contributed by atoms with Crippen molar-refractivity contribution in [1.82, 2.24) is 10.2 Å². The summed E-state index contributed by atoms with van der Waals surface area (Å²) in [5.74, 6) is -0.480. The first-order valence-corrected chi connectivity index (χ1v) is 14.0. The van der Waals surface area contributed by atoms with Crippen LogP contribution in [0.2, 0.25) is 10.0 Å². The number of halogens is 2. The van der Waals surface area contributed by atoms with Gasteiger partial charge in [0, 0.05) is 28.7 Å². The fourth-order valence-electron chi connectivity index (χ4n) is 3.48. The lowest BCUT2D eigenvalue weighted by atomic mass is 10.1. The van der Waals surface area contributed by atoms with Crippen molar-refractivity contribution in [2.75, 3.05) is 30.8 Å². The molecule has 8 nitrogen and oxygen atoms in total. The monoisotopic (exact) mass is 557 g/mol. The molecule has 0 aromatic heterocycles. The van der Waals surface area contributed by atoms with Gasteiger partial charge in [-0.15, -0.1) is 0 Å². The highest BCUT2D eigenvalue weighted by Crippen LogP contribution is 2.32. The Morgan fingerprint density at radius 3 is 2.22 bits per heavy atom. The Bertz CT molecular complexity index is 1180. The van der Waals surface area contributed by atoms with Gasteiger partial charge in [-0.1, -0.05) is 49.2 Å². The number of ether oxygens (including phenoxy) is 1. The first kappa shape index (κ1) is 29.7. The number of benzene rings is 2. The largest absolute Gasteiger partial charge is 0.495 e. The van der Waals surface area contributed by atoms with Gasteiger partial charge in [-0.3, -0.25) is 13.9 Å². The van der Waals surface area contributed by atoms with Crippen LogP contribution in [-0.2, 0) is 26.2 Å². The lowest BCUT2D eigenvalue weighted by molar-refractivity contribution is -0.139. The number of amides is 2. The molecule has 11 heteroatoms. The van der Waals surface area contributed by atoms with E-state index in [0.29, 0.717) is 27.9 Å². The first-order valence-electron chi connectivity index (χ1n) is 11.4. The predicted molar refractivity (Wildman–Crippen MR) is 144 cm³/mol. The number of methoxy groups -OCH3 is 1. The second-order valence-corrected chi connectivity index (χ2v) is 11.7. The van der Waals surface area contributed by atoms with E-state index in [0.717, 1.165) is 16.1 Å². The van der Waals surface area contributed by atoms with Crippen LogP contribution in [0.5, 0.6) is 5.75 Å². The van der Waals surface area contributed by atoms with Gasteiger partial charge in [0.15, 0.2) is 0 Å². The van der Waals surface area contributed by atoms with Gasteiger partial charge < -0.3 is 15.0 Å². The molecule has 0 bridgehead atoms. The Hall–Kier alpha value is -2.49. The summed E-state index contributed by atoms with van der Waals surface area (Å²) in [7, 11) is -2.48. The molecule has 0 saturated heterocycles. The van der Waals surface area contributed by atoms with Crippen LogP contribution < -0.4 is 14.4 Å². The second kappa shape index (κ2) is 12.7. The van der Waals surface area contributed by atoms with Gasteiger partial charge in [-0.25, -0.2) is 8.42 Å². The summed E-state index contributed by atoms with van der Waals surface area (Å²) in [4.78, 5) is 27.9. The molecule has 0 aliphatic carbocycles. The molecule has 2 aromatic carbocycles. The second-order valence-electron chi connectivity index (χ2n) is 8.98. The molecule has 0 saturated carbocycles. The van der Waals surface area contributed by atoms with Gasteiger partial charge in [0.1, 0.15) is 18.3 Å². The Balaban J connectivity index is 2.50. The van der Waals surface area contributed by atoms with Crippen molar-refractivity contribution in [1.29, 1.82) is 0 Å². The zero-order valence-electron chi connectivity index (χ0n) is 21.3. The molecule has 1 N–H and O–H groups in total. The number of carbonyl (C=O) groups is 2. The van der Waals surface area contributed by atoms with E-state index in [2.05, 4.69) is 5.32 Å². The SMILES string of the molecule is COc1ccc(C)cc1N(CC(=O)N(Cc1c(Cl)cccc1Cl)[C@H](C)C(=O)NCC(C)C)S(C)(=O)=O. The third-order valence-corrected chi connectivity index (χ3v) is 7.36. The topological polar surface area (TPSA) is 96.0 Å². The van der Waals surface area contributed by atoms with Crippen molar-refractivity contribution in [2.45, 2.75) is 40.3 Å². The molecule has 0 unspecified atom stereocenters. The highest BCUT2D eigenvalue weighted by Gasteiger charge is 2.32. The number of anilines is 1. The maximum atomic E-state index is 13.7. The number of nitrogens with zero attached hydrogens (tertiary/aromatic N) is 2. The molecule has 1 atom stereocenters. The molecule has 36 heavy (non-hydrogen) atoms. The highest BCUT2D eigenvalue weighted by molar-refractivity contribution is 7.92. The van der Waals surface area contributed by atoms with Crippen LogP contribution in [0.1, 0.15) is 31.9 Å². The maximum absolute atomic E-state index is 13.7. The molecule has 198 valence electrons. The normalized spacial score (nSPS) is 12.2. The third kappa shape index (κ3) is 7.75. The standard InChI is InChI=1S/C25H33Cl2N3O5S/c1-16(2)13-28-25(32)18(4)29(14-19-20(26)8-7-9-21(19)27)24(31)15-30(36(6,33)34)22-12-17(3)10-11-23(22)35-5/h7-12,16,18H,13-15H2,1-6H3,(H,28,32)/t18-/m1/s1. The Morgan fingerprint density at radius 1 is 1.08 bits per heavy atom. The van der Waals surface area contributed by atoms with E-state index in [1.807, 2.05) is 13.8 Å². The summed E-state index contributed by atoms with van der Waals surface area (Å²) in [6, 6.07) is 9.05. The fourth-order valence-corrected chi connectivity index (χ4v) is 4.84. The Morgan fingerprint density at radius 2 is 1.69 bits per heavy atom. The summed E-state index contributed by atoms with van der Waals surface area (Å²) < 4.78 is 31.9. The number of hydrogen-bond acceptors (Lipinski definition) is 5. The summed E-state index contributed by atoms with van der Waals surface area (Å²) in [5.41, 5.74) is 1.46. The van der Waals surface area contributed by atoms with E-state index in [4.69, 9.17) is 27.9 Å². The minimum Gasteiger partial charge on any atom is -0.495 e. The van der Waals surface area contributed by atoms with Gasteiger partial charge in [0.25, 0.3) is 0 Å². The van der Waals surface area contributed by atoms with Crippen LogP contribution in [0.25, 0.3) is 0 Å². The van der Waals surface area contributed by atoms with E-state index in [1.165, 1.54) is 12.0 Å². The average Bonchev–Trinajstić information content (AvgIpc) is 2.79. The van der Waals surface area contributed by atoms with Gasteiger partial charge in [-0.2, -0.15) is 0 Å². The van der Waals surface area contributed by atoms with Crippen LogP contribution in [0.15, 0.2) is 36.4 Å². The highest BCUT2D eigenvalue weighted by atomic mass is 35.5. The van der Waals surface area contributed by atoms with Gasteiger partial charge in [0.2, 0.25) is 21.8 Å². The zero-order valence-corrected chi connectivity index (χ0v) is 23.7. The minimum atomic E-state index is -3.90. The van der Waals surface area contributed by atoms with Crippen LogP contribution in [-0.4, -0.2) is 57.6 Å². The summed E-state index contributed by atoms with van der Waals surface area (Å²) in [5, 5.41) is 3.48. The quantitative estimate of drug-likeness (QED) is 0.445. The third-order valence-electron chi connectivity index (χ3n) is 5.52. The molecule has 0 spiro atoms. The van der Waals surface area contributed by atoms with E-state index in [-0.39, 0.29) is 24.1 Å². The van der Waals surface area contributed by atoms with Crippen LogP contribution in [0, 0.1) is 12.8 Å². The van der Waals surface area contributed by atoms with Crippen molar-refractivity contribution in [3.8, 4) is 5.75 Å². The molecule has 0 fully saturated rings. The van der Waals surface area contributed by atoms with Crippen LogP contribution in [0.3, 0.4) is 0 Å². The maximum Gasteiger partial charge on any atom is 0.244 e. The summed E-state index contributed by atoms with van der Waals surface area (Å²) >= 11 is 12.7. The van der Waals surface area contributed by atoms with E-state index in [9.17, 15) is 18.0 Å². The van der Waals surface area contributed by atoms with E-state index >= 15 is 0 Å². The first-order chi connectivity index (χ1) is 16.8. The molecule has 2 aromatic rings. The molecular formula is C25H33Cl2N3O5S. The van der Waals surface area contributed by atoms with Crippen molar-refractivity contribution >= 4 is 50.7 Å². The predicted octanol–water partition coefficient (Wildman–Crippen LogP) is 4.27. The molecule has 2 rings (SSSR count). The molecule has 0 aliphatic rings. The van der Waals surface area contributed by atoms with Crippen molar-refractivity contribution in [3.05, 3.63) is 57.6 Å². The van der Waals surface area contributed by atoms with Gasteiger partial charge in [0.05, 0.1) is 19.1 Å². The van der Waals surface area contributed by atoms with Gasteiger partial charge >= 0.3 is 0 Å². The number of sulfonamides is 1. The number of hydrogen-bond donors (Lipinski definition) is 1. The smallest absolute Gasteiger partial charge is 0.244 e. The average molecular weight is 559 g/mol. The molecule has 0 radical (unpaired) electrons. The minimum absolute atomic E-state index is 0.0871. The van der Waals surface area contributed by atoms with Gasteiger partial charge in [-0.05, 0) is 49.6 Å². The fraction of sp³-hybridized carbons (Fsp3) is 0.440. The summed E-state index contributed by atoms with van der Waals surface area (Å²) in [6.07, 6.45) is 1.01. The van der Waals surface area contributed by atoms with Crippen molar-refractivity contribution in [3.63, 3.8) is 0 Å². The molecular weight excluding hydrogens is 525 g/mol. The Kier molecular flexibility index (Phi) is 10.5. The molecule has 0 heterocycles. The lowest BCUT2D eigenvalue weighted by Crippen LogP contribution is -2.51. The zero-order chi connectivity index (χ0) is 27.2. The number of carbonyl (C=O) groups excluding carboxylic acids is 2. The van der Waals surface area contributed by atoms with Crippen molar-refractivity contribution in [2.24, 2.45) is 5.92 Å². The number of rotatable bonds is 11. The van der Waals surface area contributed by atoms with Crippen LogP contribution >= 0.6 is 23.2 Å². The Labute approximate surface area is 223 Å². The molecule has 2 amide bonds. The van der Waals surface area contributed by atoms with Crippen LogP contribution in [0.4, 0.5) is 5.69 Å². The number of aryl methyl sites for hydroxylation is 1. The summed E-state index contributed by atoms with van der Waals surface area (Å²) in [6.45, 7) is 7.08. The van der Waals surface area contributed by atoms with E-state index in [1.54, 1.807) is 50.2 Å². The number of nitrogens with one attached hydrogen (secondary N) is 1. The van der Waals surface area contributed by atoms with E-state index < -0.39 is 28.5 Å². The van der Waals surface area contributed by atoms with Crippen molar-refractivity contribution < 1.29 is 22.7 Å². The lowest BCUT2D eigenvalue weighted by Gasteiger charge is -2.32. The molecule has 0 aliphatic heterocycles.